The van der Waals surface area contributed by atoms with Crippen molar-refractivity contribution in [2.45, 2.75) is 6.42 Å². The molecule has 0 aliphatic carbocycles. The summed E-state index contributed by atoms with van der Waals surface area (Å²) < 4.78 is 0. The van der Waals surface area contributed by atoms with Gasteiger partial charge in [-0.05, 0) is 6.07 Å². The van der Waals surface area contributed by atoms with Crippen molar-refractivity contribution < 1.29 is 4.92 Å². The van der Waals surface area contributed by atoms with Crippen molar-refractivity contribution in [1.29, 1.82) is 5.41 Å². The number of nitrogens with one attached hydrogen (secondary N) is 2. The van der Waals surface area contributed by atoms with Gasteiger partial charge in [0.05, 0.1) is 10.8 Å². The summed E-state index contributed by atoms with van der Waals surface area (Å²) in [5.74, 6) is 0.338. The number of nitro groups is 1. The van der Waals surface area contributed by atoms with Gasteiger partial charge >= 0.3 is 5.69 Å². The highest BCUT2D eigenvalue weighted by molar-refractivity contribution is 5.85. The molecule has 0 unspecified atom stereocenters. The number of hydrogen-bond acceptors (Lipinski definition) is 6. The molecule has 0 fully saturated rings. The van der Waals surface area contributed by atoms with Crippen LogP contribution in [0.1, 0.15) is 6.42 Å². The molecule has 0 atom stereocenters. The van der Waals surface area contributed by atoms with Crippen molar-refractivity contribution in [3.8, 4) is 0 Å². The molecule has 8 nitrogen and oxygen atoms in total. The van der Waals surface area contributed by atoms with Gasteiger partial charge < -0.3 is 16.8 Å². The van der Waals surface area contributed by atoms with Crippen LogP contribution in [-0.4, -0.2) is 22.3 Å². The van der Waals surface area contributed by atoms with E-state index < -0.39 is 4.92 Å². The molecule has 0 aliphatic rings. The maximum Gasteiger partial charge on any atom is 0.311 e. The van der Waals surface area contributed by atoms with E-state index in [1.807, 2.05) is 0 Å². The van der Waals surface area contributed by atoms with E-state index >= 15 is 0 Å². The summed E-state index contributed by atoms with van der Waals surface area (Å²) in [5.41, 5.74) is 10.3. The predicted octanol–water partition coefficient (Wildman–Crippen LogP) is 0.732. The molecule has 0 bridgehead atoms. The fourth-order valence-corrected chi connectivity index (χ4v) is 1.05. The number of pyridine rings is 1. The Morgan fingerprint density at radius 2 is 2.24 bits per heavy atom. The van der Waals surface area contributed by atoms with Crippen LogP contribution in [-0.2, 0) is 0 Å². The van der Waals surface area contributed by atoms with Gasteiger partial charge in [-0.3, -0.25) is 15.5 Å². The molecule has 17 heavy (non-hydrogen) atoms. The first-order valence-corrected chi connectivity index (χ1v) is 4.48. The molecule has 1 rings (SSSR count). The van der Waals surface area contributed by atoms with E-state index in [9.17, 15) is 10.1 Å². The Kier molecular flexibility index (Phi) is 5.69. The largest absolute Gasteiger partial charge is 0.388 e. The van der Waals surface area contributed by atoms with Crippen LogP contribution in [0.5, 0.6) is 0 Å². The number of nitrogen functional groups attached to an aromatic ring is 1. The van der Waals surface area contributed by atoms with Gasteiger partial charge in [-0.25, -0.2) is 4.98 Å². The molecule has 1 heterocycles. The van der Waals surface area contributed by atoms with Crippen LogP contribution in [0.4, 0.5) is 17.3 Å². The molecule has 1 aromatic rings. The van der Waals surface area contributed by atoms with Gasteiger partial charge in [0.15, 0.2) is 0 Å². The summed E-state index contributed by atoms with van der Waals surface area (Å²) in [4.78, 5) is 13.7. The summed E-state index contributed by atoms with van der Waals surface area (Å²) in [7, 11) is 0. The molecule has 0 aromatic carbocycles. The quantitative estimate of drug-likeness (QED) is 0.266. The summed E-state index contributed by atoms with van der Waals surface area (Å²) >= 11 is 0. The Bertz CT molecular complexity index is 424. The second kappa shape index (κ2) is 6.48. The first-order chi connectivity index (χ1) is 7.50. The first-order valence-electron chi connectivity index (χ1n) is 4.48. The van der Waals surface area contributed by atoms with Crippen molar-refractivity contribution in [2.75, 3.05) is 17.6 Å². The van der Waals surface area contributed by atoms with Gasteiger partial charge in [0.2, 0.25) is 5.82 Å². The maximum absolute atomic E-state index is 10.5. The number of nitrogens with zero attached hydrogens (tertiary/aromatic N) is 2. The zero-order chi connectivity index (χ0) is 12.1. The Balaban J connectivity index is 0.00000256. The number of aromatic nitrogens is 1. The number of amidine groups is 1. The average Bonchev–Trinajstić information content (AvgIpc) is 2.16. The molecule has 94 valence electrons. The SMILES string of the molecule is Cl.N=C(N)CCNc1ccc([N+](=O)[O-])c(N)n1. The highest BCUT2D eigenvalue weighted by Crippen LogP contribution is 2.20. The van der Waals surface area contributed by atoms with E-state index in [0.29, 0.717) is 18.8 Å². The molecule has 0 saturated heterocycles. The van der Waals surface area contributed by atoms with Gasteiger partial charge in [-0.15, -0.1) is 12.4 Å². The van der Waals surface area contributed by atoms with E-state index in [1.54, 1.807) is 0 Å². The third kappa shape index (κ3) is 4.51. The Labute approximate surface area is 103 Å². The van der Waals surface area contributed by atoms with E-state index in [2.05, 4.69) is 10.3 Å². The molecule has 9 heteroatoms. The van der Waals surface area contributed by atoms with Gasteiger partial charge in [-0.2, -0.15) is 0 Å². The lowest BCUT2D eigenvalue weighted by atomic mass is 10.3. The van der Waals surface area contributed by atoms with Crippen LogP contribution in [0.2, 0.25) is 0 Å². The van der Waals surface area contributed by atoms with Crippen molar-refractivity contribution in [1.82, 2.24) is 4.98 Å². The van der Waals surface area contributed by atoms with Gasteiger partial charge in [0, 0.05) is 19.0 Å². The van der Waals surface area contributed by atoms with Crippen LogP contribution in [0, 0.1) is 15.5 Å². The van der Waals surface area contributed by atoms with Gasteiger partial charge in [-0.1, -0.05) is 0 Å². The highest BCUT2D eigenvalue weighted by Gasteiger charge is 2.12. The highest BCUT2D eigenvalue weighted by atomic mass is 35.5. The third-order valence-electron chi connectivity index (χ3n) is 1.80. The van der Waals surface area contributed by atoms with E-state index in [0.717, 1.165) is 0 Å². The zero-order valence-corrected chi connectivity index (χ0v) is 9.66. The normalized spacial score (nSPS) is 9.18. The standard InChI is InChI=1S/C8H12N6O2.ClH/c9-6(10)3-4-12-7-2-1-5(14(15)16)8(11)13-7;/h1-2H,3-4H2,(H3,9,10)(H3,11,12,13);1H. The minimum absolute atomic E-state index is 0. The van der Waals surface area contributed by atoms with Crippen LogP contribution >= 0.6 is 12.4 Å². The minimum Gasteiger partial charge on any atom is -0.388 e. The smallest absolute Gasteiger partial charge is 0.311 e. The van der Waals surface area contributed by atoms with Crippen molar-refractivity contribution in [3.63, 3.8) is 0 Å². The number of halogens is 1. The van der Waals surface area contributed by atoms with Crippen molar-refractivity contribution in [2.24, 2.45) is 5.73 Å². The lowest BCUT2D eigenvalue weighted by molar-refractivity contribution is -0.384. The second-order valence-corrected chi connectivity index (χ2v) is 3.06. The number of hydrogen-bond donors (Lipinski definition) is 4. The van der Waals surface area contributed by atoms with E-state index in [1.165, 1.54) is 12.1 Å². The maximum atomic E-state index is 10.5. The zero-order valence-electron chi connectivity index (χ0n) is 8.84. The molecular formula is C8H13ClN6O2. The second-order valence-electron chi connectivity index (χ2n) is 3.06. The molecule has 0 spiro atoms. The summed E-state index contributed by atoms with van der Waals surface area (Å²) in [6, 6.07) is 2.73. The van der Waals surface area contributed by atoms with Crippen LogP contribution in [0.15, 0.2) is 12.1 Å². The minimum atomic E-state index is -0.596. The summed E-state index contributed by atoms with van der Waals surface area (Å²) in [5, 5.41) is 20.3. The number of anilines is 2. The topological polar surface area (TPSA) is 144 Å². The molecule has 0 amide bonds. The summed E-state index contributed by atoms with van der Waals surface area (Å²) in [6.45, 7) is 0.430. The Hall–Kier alpha value is -2.09. The molecular weight excluding hydrogens is 248 g/mol. The van der Waals surface area contributed by atoms with Crippen LogP contribution in [0.3, 0.4) is 0 Å². The fourth-order valence-electron chi connectivity index (χ4n) is 1.05. The molecule has 6 N–H and O–H groups in total. The Morgan fingerprint density at radius 3 is 2.71 bits per heavy atom. The van der Waals surface area contributed by atoms with Crippen LogP contribution < -0.4 is 16.8 Å². The predicted molar refractivity (Wildman–Crippen MR) is 67.6 cm³/mol. The molecule has 0 aliphatic heterocycles. The van der Waals surface area contributed by atoms with Crippen molar-refractivity contribution >= 4 is 35.6 Å². The van der Waals surface area contributed by atoms with Crippen molar-refractivity contribution in [3.05, 3.63) is 22.2 Å². The lowest BCUT2D eigenvalue weighted by Crippen LogP contribution is -2.15. The third-order valence-corrected chi connectivity index (χ3v) is 1.80. The Morgan fingerprint density at radius 1 is 1.59 bits per heavy atom. The number of rotatable bonds is 5. The van der Waals surface area contributed by atoms with Gasteiger partial charge in [0.25, 0.3) is 0 Å². The number of nitrogens with two attached hydrogens (primary N) is 2. The first kappa shape index (κ1) is 14.9. The summed E-state index contributed by atoms with van der Waals surface area (Å²) in [6.07, 6.45) is 0.374. The molecule has 0 radical (unpaired) electrons. The molecule has 0 saturated carbocycles. The lowest BCUT2D eigenvalue weighted by Gasteiger charge is -2.05. The van der Waals surface area contributed by atoms with Gasteiger partial charge in [0.1, 0.15) is 5.82 Å². The van der Waals surface area contributed by atoms with E-state index in [-0.39, 0.29) is 29.7 Å². The average molecular weight is 261 g/mol. The van der Waals surface area contributed by atoms with E-state index in [4.69, 9.17) is 16.9 Å². The fraction of sp³-hybridized carbons (Fsp3) is 0.250. The molecule has 1 aromatic heterocycles. The van der Waals surface area contributed by atoms with Crippen LogP contribution in [0.25, 0.3) is 0 Å². The monoisotopic (exact) mass is 260 g/mol.